The minimum absolute atomic E-state index is 0.173. The lowest BCUT2D eigenvalue weighted by molar-refractivity contribution is 0.202. The van der Waals surface area contributed by atoms with Crippen molar-refractivity contribution >= 4 is 11.8 Å². The van der Waals surface area contributed by atoms with Crippen molar-refractivity contribution in [2.75, 3.05) is 6.26 Å². The quantitative estimate of drug-likeness (QED) is 0.545. The molecular formula is C6H12OS. The second-order valence-electron chi connectivity index (χ2n) is 3.05. The van der Waals surface area contributed by atoms with Crippen LogP contribution in [0.1, 0.15) is 20.3 Å². The monoisotopic (exact) mass is 132 g/mol. The second kappa shape index (κ2) is 1.42. The van der Waals surface area contributed by atoms with Crippen LogP contribution in [0.15, 0.2) is 0 Å². The fraction of sp³-hybridized carbons (Fsp3) is 1.00. The molecule has 8 heavy (non-hydrogen) atoms. The Morgan fingerprint density at radius 3 is 1.88 bits per heavy atom. The minimum Gasteiger partial charge on any atom is -0.379 e. The van der Waals surface area contributed by atoms with E-state index in [1.165, 1.54) is 0 Å². The predicted molar refractivity (Wildman–Crippen MR) is 36.9 cm³/mol. The third-order valence-electron chi connectivity index (χ3n) is 1.95. The first-order chi connectivity index (χ1) is 3.52. The van der Waals surface area contributed by atoms with Crippen LogP contribution in [0.25, 0.3) is 0 Å². The molecule has 0 aromatic rings. The maximum Gasteiger partial charge on any atom is 0.116 e. The van der Waals surface area contributed by atoms with Crippen LogP contribution in [0.4, 0.5) is 0 Å². The third-order valence-corrected chi connectivity index (χ3v) is 3.32. The summed E-state index contributed by atoms with van der Waals surface area (Å²) in [4.78, 5) is -0.396. The maximum atomic E-state index is 9.43. The molecule has 1 rings (SSSR count). The highest BCUT2D eigenvalue weighted by Crippen LogP contribution is 2.61. The normalized spacial score (nSPS) is 42.0. The van der Waals surface area contributed by atoms with Crippen molar-refractivity contribution in [1.29, 1.82) is 0 Å². The molecule has 1 nitrogen and oxygen atoms in total. The van der Waals surface area contributed by atoms with Gasteiger partial charge in [0.1, 0.15) is 4.93 Å². The summed E-state index contributed by atoms with van der Waals surface area (Å²) in [6.45, 7) is 4.17. The van der Waals surface area contributed by atoms with E-state index < -0.39 is 4.93 Å². The molecule has 1 N–H and O–H groups in total. The molecule has 2 heteroatoms. The van der Waals surface area contributed by atoms with E-state index in [9.17, 15) is 5.11 Å². The lowest BCUT2D eigenvalue weighted by atomic mass is 10.2. The Hall–Kier alpha value is 0.310. The van der Waals surface area contributed by atoms with Gasteiger partial charge in [-0.1, -0.05) is 13.8 Å². The Balaban J connectivity index is 2.55. The first-order valence-corrected chi connectivity index (χ1v) is 4.02. The van der Waals surface area contributed by atoms with Gasteiger partial charge < -0.3 is 5.11 Å². The number of hydrogen-bond donors (Lipinski definition) is 1. The standard InChI is InChI=1S/C6H12OS/c1-5(2)4-6(5,7)8-3/h7H,4H2,1-3H3. The Morgan fingerprint density at radius 1 is 1.50 bits per heavy atom. The van der Waals surface area contributed by atoms with Gasteiger partial charge in [0.2, 0.25) is 0 Å². The molecule has 1 saturated carbocycles. The number of hydrogen-bond acceptors (Lipinski definition) is 2. The van der Waals surface area contributed by atoms with E-state index >= 15 is 0 Å². The molecule has 0 aromatic heterocycles. The zero-order chi connectivity index (χ0) is 6.41. The van der Waals surface area contributed by atoms with E-state index in [2.05, 4.69) is 13.8 Å². The third kappa shape index (κ3) is 0.669. The lowest BCUT2D eigenvalue weighted by Crippen LogP contribution is -2.08. The minimum atomic E-state index is -0.396. The van der Waals surface area contributed by atoms with Gasteiger partial charge in [0.15, 0.2) is 0 Å². The summed E-state index contributed by atoms with van der Waals surface area (Å²) in [7, 11) is 0. The van der Waals surface area contributed by atoms with Crippen LogP contribution in [0, 0.1) is 5.41 Å². The Kier molecular flexibility index (Phi) is 1.14. The fourth-order valence-corrected chi connectivity index (χ4v) is 1.96. The highest BCUT2D eigenvalue weighted by Gasteiger charge is 2.59. The van der Waals surface area contributed by atoms with Gasteiger partial charge in [0, 0.05) is 5.41 Å². The molecule has 0 bridgehead atoms. The van der Waals surface area contributed by atoms with Gasteiger partial charge in [-0.2, -0.15) is 0 Å². The van der Waals surface area contributed by atoms with Gasteiger partial charge in [-0.05, 0) is 12.7 Å². The van der Waals surface area contributed by atoms with Crippen molar-refractivity contribution in [3.8, 4) is 0 Å². The summed E-state index contributed by atoms with van der Waals surface area (Å²) in [6.07, 6.45) is 2.90. The molecule has 0 radical (unpaired) electrons. The molecule has 0 amide bonds. The average molecular weight is 132 g/mol. The van der Waals surface area contributed by atoms with Crippen LogP contribution < -0.4 is 0 Å². The van der Waals surface area contributed by atoms with Gasteiger partial charge in [-0.15, -0.1) is 11.8 Å². The zero-order valence-electron chi connectivity index (χ0n) is 5.56. The van der Waals surface area contributed by atoms with Crippen molar-refractivity contribution in [2.45, 2.75) is 25.2 Å². The molecule has 0 saturated heterocycles. The summed E-state index contributed by atoms with van der Waals surface area (Å²) < 4.78 is 0. The Labute approximate surface area is 54.5 Å². The van der Waals surface area contributed by atoms with Gasteiger partial charge in [-0.25, -0.2) is 0 Å². The number of rotatable bonds is 1. The highest BCUT2D eigenvalue weighted by molar-refractivity contribution is 8.00. The van der Waals surface area contributed by atoms with Crippen LogP contribution in [0.5, 0.6) is 0 Å². The van der Waals surface area contributed by atoms with Crippen LogP contribution in [0.3, 0.4) is 0 Å². The van der Waals surface area contributed by atoms with E-state index in [0.717, 1.165) is 6.42 Å². The molecule has 1 fully saturated rings. The Morgan fingerprint density at radius 2 is 1.88 bits per heavy atom. The molecular weight excluding hydrogens is 120 g/mol. The number of thioether (sulfide) groups is 1. The fourth-order valence-electron chi connectivity index (χ4n) is 0.903. The second-order valence-corrected chi connectivity index (χ2v) is 4.13. The molecule has 1 atom stereocenters. The van der Waals surface area contributed by atoms with Crippen molar-refractivity contribution in [2.24, 2.45) is 5.41 Å². The van der Waals surface area contributed by atoms with Crippen LogP contribution >= 0.6 is 11.8 Å². The summed E-state index contributed by atoms with van der Waals surface area (Å²) in [5, 5.41) is 9.43. The molecule has 1 aliphatic rings. The molecule has 0 heterocycles. The lowest BCUT2D eigenvalue weighted by Gasteiger charge is -2.08. The summed E-state index contributed by atoms with van der Waals surface area (Å²) in [6, 6.07) is 0. The van der Waals surface area contributed by atoms with Gasteiger partial charge >= 0.3 is 0 Å². The van der Waals surface area contributed by atoms with Crippen molar-refractivity contribution in [3.05, 3.63) is 0 Å². The SMILES string of the molecule is CSC1(O)CC1(C)C. The smallest absolute Gasteiger partial charge is 0.116 e. The van der Waals surface area contributed by atoms with E-state index in [1.807, 2.05) is 6.26 Å². The van der Waals surface area contributed by atoms with E-state index in [1.54, 1.807) is 11.8 Å². The molecule has 1 aliphatic carbocycles. The molecule has 0 spiro atoms. The largest absolute Gasteiger partial charge is 0.379 e. The van der Waals surface area contributed by atoms with Gasteiger partial charge in [-0.3, -0.25) is 0 Å². The summed E-state index contributed by atoms with van der Waals surface area (Å²) >= 11 is 1.56. The van der Waals surface area contributed by atoms with Crippen LogP contribution in [-0.4, -0.2) is 16.3 Å². The summed E-state index contributed by atoms with van der Waals surface area (Å²) in [5.74, 6) is 0. The first kappa shape index (κ1) is 6.43. The van der Waals surface area contributed by atoms with Crippen LogP contribution in [0.2, 0.25) is 0 Å². The Bertz CT molecular complexity index is 111. The van der Waals surface area contributed by atoms with Crippen molar-refractivity contribution < 1.29 is 5.11 Å². The first-order valence-electron chi connectivity index (χ1n) is 2.79. The molecule has 1 unspecified atom stereocenters. The molecule has 48 valence electrons. The molecule has 0 aromatic carbocycles. The van der Waals surface area contributed by atoms with E-state index in [4.69, 9.17) is 0 Å². The highest BCUT2D eigenvalue weighted by atomic mass is 32.2. The summed E-state index contributed by atoms with van der Waals surface area (Å²) in [5.41, 5.74) is 0.173. The van der Waals surface area contributed by atoms with E-state index in [0.29, 0.717) is 0 Å². The van der Waals surface area contributed by atoms with Gasteiger partial charge in [0.05, 0.1) is 0 Å². The number of aliphatic hydroxyl groups is 1. The topological polar surface area (TPSA) is 20.2 Å². The van der Waals surface area contributed by atoms with E-state index in [-0.39, 0.29) is 5.41 Å². The molecule has 0 aliphatic heterocycles. The predicted octanol–water partition coefficient (Wildman–Crippen LogP) is 1.47. The maximum absolute atomic E-state index is 9.43. The average Bonchev–Trinajstić information content (AvgIpc) is 2.10. The van der Waals surface area contributed by atoms with Crippen molar-refractivity contribution in [3.63, 3.8) is 0 Å². The van der Waals surface area contributed by atoms with Crippen molar-refractivity contribution in [1.82, 2.24) is 0 Å². The zero-order valence-corrected chi connectivity index (χ0v) is 6.38. The van der Waals surface area contributed by atoms with Gasteiger partial charge in [0.25, 0.3) is 0 Å². The van der Waals surface area contributed by atoms with Crippen LogP contribution in [-0.2, 0) is 0 Å².